The number of carbonyl (C=O) groups excluding carboxylic acids is 1. The zero-order valence-corrected chi connectivity index (χ0v) is 14.3. The summed E-state index contributed by atoms with van der Waals surface area (Å²) in [5.41, 5.74) is 5.40. The predicted octanol–water partition coefficient (Wildman–Crippen LogP) is -1.95. The molecule has 1 fully saturated rings. The summed E-state index contributed by atoms with van der Waals surface area (Å²) < 4.78 is 1.80. The molecule has 1 aromatic heterocycles. The van der Waals surface area contributed by atoms with Crippen molar-refractivity contribution in [2.45, 2.75) is 45.2 Å². The van der Waals surface area contributed by atoms with Crippen molar-refractivity contribution in [3.63, 3.8) is 0 Å². The van der Waals surface area contributed by atoms with Crippen molar-refractivity contribution in [2.24, 2.45) is 5.92 Å². The SMILES string of the molecule is CC1CCCCC1NC(=S)NNC(=O)C[n+]1ccccc1.[Cl-]. The highest BCUT2D eigenvalue weighted by atomic mass is 35.5. The van der Waals surface area contributed by atoms with Crippen LogP contribution in [0.5, 0.6) is 0 Å². The molecule has 1 amide bonds. The highest BCUT2D eigenvalue weighted by molar-refractivity contribution is 7.80. The molecule has 2 unspecified atom stereocenters. The van der Waals surface area contributed by atoms with Gasteiger partial charge in [-0.2, -0.15) is 4.57 Å². The van der Waals surface area contributed by atoms with E-state index in [0.29, 0.717) is 17.1 Å². The molecule has 0 aliphatic heterocycles. The van der Waals surface area contributed by atoms with Gasteiger partial charge in [-0.1, -0.05) is 25.8 Å². The third kappa shape index (κ3) is 6.15. The number of hydrogen-bond acceptors (Lipinski definition) is 2. The van der Waals surface area contributed by atoms with Crippen molar-refractivity contribution in [3.05, 3.63) is 30.6 Å². The number of amides is 1. The number of aromatic nitrogens is 1. The van der Waals surface area contributed by atoms with Crippen molar-refractivity contribution < 1.29 is 21.8 Å². The third-order valence-corrected chi connectivity index (χ3v) is 4.07. The number of thiocarbonyl (C=S) groups is 1. The van der Waals surface area contributed by atoms with E-state index in [2.05, 4.69) is 23.1 Å². The normalized spacial score (nSPS) is 20.4. The molecular weight excluding hydrogens is 320 g/mol. The Balaban J connectivity index is 0.00000242. The molecule has 2 rings (SSSR count). The first-order chi connectivity index (χ1) is 10.1. The minimum absolute atomic E-state index is 0. The van der Waals surface area contributed by atoms with Crippen molar-refractivity contribution in [1.29, 1.82) is 0 Å². The van der Waals surface area contributed by atoms with Gasteiger partial charge in [-0.3, -0.25) is 15.6 Å². The summed E-state index contributed by atoms with van der Waals surface area (Å²) in [5, 5.41) is 3.77. The first kappa shape index (κ1) is 18.6. The predicted molar refractivity (Wildman–Crippen MR) is 85.1 cm³/mol. The van der Waals surface area contributed by atoms with Crippen LogP contribution in [0.3, 0.4) is 0 Å². The Morgan fingerprint density at radius 1 is 1.18 bits per heavy atom. The van der Waals surface area contributed by atoms with Gasteiger partial charge in [0.25, 0.3) is 0 Å². The topological polar surface area (TPSA) is 57.0 Å². The van der Waals surface area contributed by atoms with Gasteiger partial charge in [0.2, 0.25) is 6.54 Å². The van der Waals surface area contributed by atoms with Gasteiger partial charge in [-0.25, -0.2) is 0 Å². The Bertz CT molecular complexity index is 486. The quantitative estimate of drug-likeness (QED) is 0.340. The molecule has 1 aliphatic carbocycles. The molecule has 0 saturated heterocycles. The molecule has 122 valence electrons. The number of carbonyl (C=O) groups is 1. The van der Waals surface area contributed by atoms with Crippen LogP contribution < -0.4 is 33.1 Å². The highest BCUT2D eigenvalue weighted by Crippen LogP contribution is 2.23. The van der Waals surface area contributed by atoms with Crippen LogP contribution >= 0.6 is 12.2 Å². The maximum absolute atomic E-state index is 11.8. The lowest BCUT2D eigenvalue weighted by molar-refractivity contribution is -0.684. The molecule has 3 N–H and O–H groups in total. The smallest absolute Gasteiger partial charge is 0.304 e. The minimum Gasteiger partial charge on any atom is -1.00 e. The van der Waals surface area contributed by atoms with E-state index in [-0.39, 0.29) is 24.9 Å². The molecule has 1 aliphatic rings. The average molecular weight is 343 g/mol. The molecule has 0 bridgehead atoms. The Hall–Kier alpha value is -1.40. The maximum atomic E-state index is 11.8. The molecule has 1 aromatic rings. The first-order valence-electron chi connectivity index (χ1n) is 7.44. The summed E-state index contributed by atoms with van der Waals surface area (Å²) in [6.07, 6.45) is 8.60. The van der Waals surface area contributed by atoms with Crippen LogP contribution in [-0.4, -0.2) is 17.1 Å². The second-order valence-electron chi connectivity index (χ2n) is 5.56. The lowest BCUT2D eigenvalue weighted by Gasteiger charge is -2.30. The number of halogens is 1. The van der Waals surface area contributed by atoms with Crippen LogP contribution in [0, 0.1) is 5.92 Å². The fraction of sp³-hybridized carbons (Fsp3) is 0.533. The number of nitrogens with one attached hydrogen (secondary N) is 3. The number of rotatable bonds is 3. The van der Waals surface area contributed by atoms with E-state index in [1.54, 1.807) is 4.57 Å². The minimum atomic E-state index is -0.132. The molecule has 5 nitrogen and oxygen atoms in total. The molecule has 22 heavy (non-hydrogen) atoms. The van der Waals surface area contributed by atoms with E-state index >= 15 is 0 Å². The second-order valence-corrected chi connectivity index (χ2v) is 5.97. The van der Waals surface area contributed by atoms with Crippen LogP contribution in [0.15, 0.2) is 30.6 Å². The largest absolute Gasteiger partial charge is 1.00 e. The molecule has 1 saturated carbocycles. The zero-order chi connectivity index (χ0) is 15.1. The van der Waals surface area contributed by atoms with Crippen LogP contribution in [0.25, 0.3) is 0 Å². The van der Waals surface area contributed by atoms with Gasteiger partial charge in [0.15, 0.2) is 17.5 Å². The van der Waals surface area contributed by atoms with E-state index in [1.165, 1.54) is 19.3 Å². The van der Waals surface area contributed by atoms with Crippen molar-refractivity contribution in [3.8, 4) is 0 Å². The van der Waals surface area contributed by atoms with Gasteiger partial charge >= 0.3 is 5.91 Å². The van der Waals surface area contributed by atoms with E-state index in [1.807, 2.05) is 30.6 Å². The molecular formula is C15H23ClN4OS. The molecule has 1 heterocycles. The Morgan fingerprint density at radius 2 is 1.86 bits per heavy atom. The lowest BCUT2D eigenvalue weighted by Crippen LogP contribution is -3.00. The molecule has 0 radical (unpaired) electrons. The van der Waals surface area contributed by atoms with Gasteiger partial charge < -0.3 is 17.7 Å². The number of hydrogen-bond donors (Lipinski definition) is 3. The summed E-state index contributed by atoms with van der Waals surface area (Å²) >= 11 is 5.23. The zero-order valence-electron chi connectivity index (χ0n) is 12.7. The Kier molecular flexibility index (Phi) is 8.12. The fourth-order valence-corrected chi connectivity index (χ4v) is 2.81. The molecule has 2 atom stereocenters. The van der Waals surface area contributed by atoms with Crippen LogP contribution in [0.1, 0.15) is 32.6 Å². The van der Waals surface area contributed by atoms with Gasteiger partial charge in [-0.05, 0) is 31.0 Å². The van der Waals surface area contributed by atoms with Crippen LogP contribution in [0.2, 0.25) is 0 Å². The lowest BCUT2D eigenvalue weighted by atomic mass is 9.86. The van der Waals surface area contributed by atoms with Crippen LogP contribution in [0.4, 0.5) is 0 Å². The van der Waals surface area contributed by atoms with Crippen LogP contribution in [-0.2, 0) is 11.3 Å². The van der Waals surface area contributed by atoms with E-state index in [0.717, 1.165) is 6.42 Å². The summed E-state index contributed by atoms with van der Waals surface area (Å²) in [6, 6.07) is 6.09. The van der Waals surface area contributed by atoms with Gasteiger partial charge in [0.05, 0.1) is 0 Å². The molecule has 0 spiro atoms. The summed E-state index contributed by atoms with van der Waals surface area (Å²) in [7, 11) is 0. The Labute approximate surface area is 143 Å². The maximum Gasteiger partial charge on any atom is 0.304 e. The standard InChI is InChI=1S/C15H22N4OS.ClH/c1-12-7-3-4-8-13(12)16-15(21)18-17-14(20)11-19-9-5-2-6-10-19;/h2,5-6,9-10,12-13H,3-4,7-8,11H2,1H3,(H2-,16,17,18,20,21);1H. The Morgan fingerprint density at radius 3 is 2.55 bits per heavy atom. The second kappa shape index (κ2) is 9.58. The average Bonchev–Trinajstić information content (AvgIpc) is 2.49. The first-order valence-corrected chi connectivity index (χ1v) is 7.85. The molecule has 7 heteroatoms. The third-order valence-electron chi connectivity index (χ3n) is 3.85. The van der Waals surface area contributed by atoms with Gasteiger partial charge in [0.1, 0.15) is 0 Å². The van der Waals surface area contributed by atoms with E-state index in [9.17, 15) is 4.79 Å². The number of pyridine rings is 1. The van der Waals surface area contributed by atoms with Crippen molar-refractivity contribution in [2.75, 3.05) is 0 Å². The van der Waals surface area contributed by atoms with Crippen molar-refractivity contribution in [1.82, 2.24) is 16.2 Å². The fourth-order valence-electron chi connectivity index (χ4n) is 2.61. The summed E-state index contributed by atoms with van der Waals surface area (Å²) in [4.78, 5) is 11.8. The van der Waals surface area contributed by atoms with E-state index in [4.69, 9.17) is 12.2 Å². The van der Waals surface area contributed by atoms with Gasteiger partial charge in [-0.15, -0.1) is 0 Å². The number of nitrogens with zero attached hydrogens (tertiary/aromatic N) is 1. The molecule has 0 aromatic carbocycles. The number of hydrazine groups is 1. The summed E-state index contributed by atoms with van der Waals surface area (Å²) in [6.45, 7) is 2.50. The van der Waals surface area contributed by atoms with E-state index < -0.39 is 0 Å². The highest BCUT2D eigenvalue weighted by Gasteiger charge is 2.21. The monoisotopic (exact) mass is 342 g/mol. The summed E-state index contributed by atoms with van der Waals surface area (Å²) in [5.74, 6) is 0.487. The van der Waals surface area contributed by atoms with Crippen molar-refractivity contribution >= 4 is 23.2 Å². The van der Waals surface area contributed by atoms with Gasteiger partial charge in [0, 0.05) is 18.2 Å².